The number of halogens is 2. The number of aromatic nitrogens is 1. The summed E-state index contributed by atoms with van der Waals surface area (Å²) in [6, 6.07) is 11.3. The molecule has 1 heterocycles. The van der Waals surface area contributed by atoms with Crippen LogP contribution in [-0.4, -0.2) is 18.5 Å². The lowest BCUT2D eigenvalue weighted by molar-refractivity contribution is 0.459. The first-order chi connectivity index (χ1) is 10.9. The molecular weight excluding hydrogens is 450 g/mol. The van der Waals surface area contributed by atoms with E-state index in [9.17, 15) is 13.5 Å². The monoisotopic (exact) mass is 457 g/mol. The van der Waals surface area contributed by atoms with Crippen LogP contribution in [0.3, 0.4) is 0 Å². The van der Waals surface area contributed by atoms with Crippen molar-refractivity contribution in [3.05, 3.63) is 51.4 Å². The molecule has 0 radical (unpaired) electrons. The largest absolute Gasteiger partial charge is 0.493 e. The standard InChI is InChI=1S/C14H9Br2N3O3S/c15-8-1-4-10(5-2-8)23(21,22)19-18-13-11-7-9(16)3-6-12(11)17-14(13)20/h1-7,17,20H. The molecule has 0 atom stereocenters. The van der Waals surface area contributed by atoms with Crippen molar-refractivity contribution in [2.45, 2.75) is 4.90 Å². The van der Waals surface area contributed by atoms with E-state index in [4.69, 9.17) is 0 Å². The molecule has 0 amide bonds. The van der Waals surface area contributed by atoms with Crippen LogP contribution in [0.15, 0.2) is 65.9 Å². The van der Waals surface area contributed by atoms with Crippen LogP contribution >= 0.6 is 31.9 Å². The van der Waals surface area contributed by atoms with Crippen molar-refractivity contribution < 1.29 is 13.5 Å². The normalized spacial score (nSPS) is 12.3. The zero-order chi connectivity index (χ0) is 16.6. The number of hydrogen-bond donors (Lipinski definition) is 2. The summed E-state index contributed by atoms with van der Waals surface area (Å²) in [4.78, 5) is 2.74. The predicted molar refractivity (Wildman–Crippen MR) is 93.5 cm³/mol. The van der Waals surface area contributed by atoms with Gasteiger partial charge < -0.3 is 10.1 Å². The minimum absolute atomic E-state index is 0.0185. The van der Waals surface area contributed by atoms with E-state index in [0.717, 1.165) is 8.95 Å². The maximum absolute atomic E-state index is 12.2. The molecule has 0 saturated heterocycles. The first kappa shape index (κ1) is 16.2. The summed E-state index contributed by atoms with van der Waals surface area (Å²) in [5.74, 6) is -0.243. The molecule has 0 aliphatic heterocycles. The van der Waals surface area contributed by atoms with E-state index >= 15 is 0 Å². The van der Waals surface area contributed by atoms with E-state index in [2.05, 4.69) is 46.5 Å². The van der Waals surface area contributed by atoms with Gasteiger partial charge >= 0.3 is 0 Å². The highest BCUT2D eigenvalue weighted by molar-refractivity contribution is 9.10. The van der Waals surface area contributed by atoms with Gasteiger partial charge in [-0.1, -0.05) is 36.4 Å². The number of nitrogens with one attached hydrogen (secondary N) is 1. The van der Waals surface area contributed by atoms with Crippen molar-refractivity contribution >= 4 is 58.5 Å². The van der Waals surface area contributed by atoms with Crippen LogP contribution in [-0.2, 0) is 10.0 Å². The lowest BCUT2D eigenvalue weighted by Gasteiger charge is -1.98. The molecule has 2 aromatic carbocycles. The molecule has 23 heavy (non-hydrogen) atoms. The van der Waals surface area contributed by atoms with Gasteiger partial charge in [0.25, 0.3) is 10.0 Å². The zero-order valence-corrected chi connectivity index (χ0v) is 15.4. The smallest absolute Gasteiger partial charge is 0.299 e. The lowest BCUT2D eigenvalue weighted by atomic mass is 10.2. The van der Waals surface area contributed by atoms with Gasteiger partial charge in [0.15, 0.2) is 5.69 Å². The van der Waals surface area contributed by atoms with Gasteiger partial charge in [-0.15, -0.1) is 5.11 Å². The van der Waals surface area contributed by atoms with Gasteiger partial charge in [-0.2, -0.15) is 8.42 Å². The molecule has 0 saturated carbocycles. The van der Waals surface area contributed by atoms with E-state index in [1.807, 2.05) is 0 Å². The Morgan fingerprint density at radius 3 is 2.35 bits per heavy atom. The van der Waals surface area contributed by atoms with Crippen LogP contribution < -0.4 is 0 Å². The number of sulfonamides is 1. The summed E-state index contributed by atoms with van der Waals surface area (Å²) < 4.78 is 29.3. The van der Waals surface area contributed by atoms with Gasteiger partial charge in [0.05, 0.1) is 10.4 Å². The molecule has 0 spiro atoms. The number of H-pyrrole nitrogens is 1. The molecule has 3 rings (SSSR count). The highest BCUT2D eigenvalue weighted by Gasteiger charge is 2.15. The van der Waals surface area contributed by atoms with E-state index in [0.29, 0.717) is 10.9 Å². The first-order valence-corrected chi connectivity index (χ1v) is 9.33. The van der Waals surface area contributed by atoms with E-state index in [1.165, 1.54) is 12.1 Å². The van der Waals surface area contributed by atoms with Crippen molar-refractivity contribution in [1.82, 2.24) is 4.98 Å². The number of fused-ring (bicyclic) bond motifs is 1. The van der Waals surface area contributed by atoms with Crippen molar-refractivity contribution in [3.63, 3.8) is 0 Å². The fraction of sp³-hybridized carbons (Fsp3) is 0. The Morgan fingerprint density at radius 2 is 1.65 bits per heavy atom. The van der Waals surface area contributed by atoms with Gasteiger partial charge in [0, 0.05) is 14.3 Å². The molecule has 0 bridgehead atoms. The molecule has 2 N–H and O–H groups in total. The molecule has 3 aromatic rings. The quantitative estimate of drug-likeness (QED) is 0.548. The molecular formula is C14H9Br2N3O3S. The second-order valence-electron chi connectivity index (χ2n) is 4.62. The van der Waals surface area contributed by atoms with E-state index in [1.54, 1.807) is 30.3 Å². The number of benzene rings is 2. The Hall–Kier alpha value is -1.71. The molecule has 0 unspecified atom stereocenters. The van der Waals surface area contributed by atoms with Gasteiger partial charge in [0.2, 0.25) is 5.88 Å². The zero-order valence-electron chi connectivity index (χ0n) is 11.4. The molecule has 6 nitrogen and oxygen atoms in total. The Kier molecular flexibility index (Phi) is 4.26. The average Bonchev–Trinajstić information content (AvgIpc) is 2.80. The Morgan fingerprint density at radius 1 is 1.00 bits per heavy atom. The van der Waals surface area contributed by atoms with Crippen LogP contribution in [0.25, 0.3) is 10.9 Å². The minimum atomic E-state index is -3.95. The molecule has 118 valence electrons. The maximum atomic E-state index is 12.2. The molecule has 9 heteroatoms. The van der Waals surface area contributed by atoms with Gasteiger partial charge in [0.1, 0.15) is 0 Å². The van der Waals surface area contributed by atoms with Crippen molar-refractivity contribution in [1.29, 1.82) is 0 Å². The van der Waals surface area contributed by atoms with Crippen molar-refractivity contribution in [3.8, 4) is 5.88 Å². The summed E-state index contributed by atoms with van der Waals surface area (Å²) in [6.45, 7) is 0. The average molecular weight is 459 g/mol. The highest BCUT2D eigenvalue weighted by Crippen LogP contribution is 2.37. The Labute approximate surface area is 148 Å². The van der Waals surface area contributed by atoms with E-state index in [-0.39, 0.29) is 16.5 Å². The summed E-state index contributed by atoms with van der Waals surface area (Å²) in [7, 11) is -3.95. The topological polar surface area (TPSA) is 94.9 Å². The summed E-state index contributed by atoms with van der Waals surface area (Å²) in [5, 5.41) is 14.2. The predicted octanol–water partition coefficient (Wildman–Crippen LogP) is 4.87. The third-order valence-corrected chi connectivity index (χ3v) is 5.26. The second-order valence-corrected chi connectivity index (χ2v) is 8.04. The summed E-state index contributed by atoms with van der Waals surface area (Å²) >= 11 is 6.56. The van der Waals surface area contributed by atoms with E-state index < -0.39 is 10.0 Å². The van der Waals surface area contributed by atoms with Gasteiger partial charge in [-0.3, -0.25) is 0 Å². The third-order valence-electron chi connectivity index (χ3n) is 3.07. The first-order valence-electron chi connectivity index (χ1n) is 6.30. The third kappa shape index (κ3) is 3.31. The second kappa shape index (κ2) is 6.06. The number of aromatic hydroxyl groups is 1. The fourth-order valence-electron chi connectivity index (χ4n) is 1.99. The highest BCUT2D eigenvalue weighted by atomic mass is 79.9. The minimum Gasteiger partial charge on any atom is -0.493 e. The van der Waals surface area contributed by atoms with Crippen LogP contribution in [0, 0.1) is 0 Å². The number of nitrogens with zero attached hydrogens (tertiary/aromatic N) is 2. The molecule has 1 aromatic heterocycles. The summed E-state index contributed by atoms with van der Waals surface area (Å²) in [5.41, 5.74) is 0.697. The van der Waals surface area contributed by atoms with Crippen LogP contribution in [0.5, 0.6) is 5.88 Å². The van der Waals surface area contributed by atoms with Crippen LogP contribution in [0.4, 0.5) is 5.69 Å². The van der Waals surface area contributed by atoms with Crippen LogP contribution in [0.1, 0.15) is 0 Å². The molecule has 0 fully saturated rings. The Bertz CT molecular complexity index is 1010. The summed E-state index contributed by atoms with van der Waals surface area (Å²) in [6.07, 6.45) is 0. The van der Waals surface area contributed by atoms with Gasteiger partial charge in [-0.25, -0.2) is 0 Å². The van der Waals surface area contributed by atoms with Gasteiger partial charge in [-0.05, 0) is 42.5 Å². The maximum Gasteiger partial charge on any atom is 0.299 e. The Balaban J connectivity index is 2.04. The number of hydrogen-bond acceptors (Lipinski definition) is 4. The lowest BCUT2D eigenvalue weighted by Crippen LogP contribution is -1.94. The van der Waals surface area contributed by atoms with Crippen molar-refractivity contribution in [2.24, 2.45) is 9.63 Å². The molecule has 0 aliphatic rings. The number of aromatic amines is 1. The molecule has 0 aliphatic carbocycles. The number of rotatable bonds is 3. The van der Waals surface area contributed by atoms with Crippen LogP contribution in [0.2, 0.25) is 0 Å². The van der Waals surface area contributed by atoms with Crippen molar-refractivity contribution in [2.75, 3.05) is 0 Å². The fourth-order valence-corrected chi connectivity index (χ4v) is 3.37. The SMILES string of the molecule is O=S(=O)(N=Nc1c(O)[nH]c2ccc(Br)cc12)c1ccc(Br)cc1.